The second kappa shape index (κ2) is 8.47. The SMILES string of the molecule is CC1(O)CCN([C@@H](C(=O)OCCc2ccccc2)c2ccccc2)CC1. The van der Waals surface area contributed by atoms with E-state index in [2.05, 4.69) is 4.90 Å². The topological polar surface area (TPSA) is 49.8 Å². The molecular weight excluding hydrogens is 326 g/mol. The van der Waals surface area contributed by atoms with Crippen LogP contribution in [0.4, 0.5) is 0 Å². The largest absolute Gasteiger partial charge is 0.464 e. The van der Waals surface area contributed by atoms with Crippen LogP contribution in [-0.2, 0) is 16.0 Å². The number of carbonyl (C=O) groups is 1. The Morgan fingerprint density at radius 1 is 1.08 bits per heavy atom. The van der Waals surface area contributed by atoms with Gasteiger partial charge in [-0.05, 0) is 30.9 Å². The fourth-order valence-electron chi connectivity index (χ4n) is 3.39. The summed E-state index contributed by atoms with van der Waals surface area (Å²) in [6.07, 6.45) is 2.03. The number of likely N-dealkylation sites (tertiary alicyclic amines) is 1. The quantitative estimate of drug-likeness (QED) is 0.809. The van der Waals surface area contributed by atoms with Gasteiger partial charge in [0, 0.05) is 19.5 Å². The first-order valence-corrected chi connectivity index (χ1v) is 9.27. The lowest BCUT2D eigenvalue weighted by atomic mass is 9.92. The molecule has 26 heavy (non-hydrogen) atoms. The van der Waals surface area contributed by atoms with Crippen LogP contribution in [0.15, 0.2) is 60.7 Å². The molecule has 1 saturated heterocycles. The zero-order chi connectivity index (χ0) is 18.4. The van der Waals surface area contributed by atoms with E-state index in [0.717, 1.165) is 11.1 Å². The van der Waals surface area contributed by atoms with Gasteiger partial charge in [0.15, 0.2) is 0 Å². The van der Waals surface area contributed by atoms with Crippen LogP contribution in [0.25, 0.3) is 0 Å². The molecule has 1 aliphatic heterocycles. The van der Waals surface area contributed by atoms with Gasteiger partial charge in [-0.2, -0.15) is 0 Å². The number of aliphatic hydroxyl groups is 1. The number of hydrogen-bond donors (Lipinski definition) is 1. The molecule has 4 nitrogen and oxygen atoms in total. The van der Waals surface area contributed by atoms with Gasteiger partial charge in [-0.3, -0.25) is 4.90 Å². The third-order valence-electron chi connectivity index (χ3n) is 5.06. The molecule has 1 N–H and O–H groups in total. The summed E-state index contributed by atoms with van der Waals surface area (Å²) >= 11 is 0. The van der Waals surface area contributed by atoms with E-state index in [1.54, 1.807) is 0 Å². The van der Waals surface area contributed by atoms with Gasteiger partial charge in [-0.15, -0.1) is 0 Å². The maximum atomic E-state index is 12.9. The molecule has 3 rings (SSSR count). The van der Waals surface area contributed by atoms with Crippen LogP contribution in [0.5, 0.6) is 0 Å². The molecule has 0 radical (unpaired) electrons. The molecule has 1 fully saturated rings. The molecule has 0 aliphatic carbocycles. The standard InChI is InChI=1S/C22H27NO3/c1-22(25)13-15-23(16-14-22)20(19-10-6-3-7-11-19)21(24)26-17-12-18-8-4-2-5-9-18/h2-11,20,25H,12-17H2,1H3/t20-/m1/s1. The van der Waals surface area contributed by atoms with Crippen LogP contribution in [0.3, 0.4) is 0 Å². The molecule has 0 saturated carbocycles. The third-order valence-corrected chi connectivity index (χ3v) is 5.06. The molecule has 0 aromatic heterocycles. The summed E-state index contributed by atoms with van der Waals surface area (Å²) in [6.45, 7) is 3.60. The maximum Gasteiger partial charge on any atom is 0.328 e. The maximum absolute atomic E-state index is 12.9. The van der Waals surface area contributed by atoms with Gasteiger partial charge in [-0.1, -0.05) is 60.7 Å². The monoisotopic (exact) mass is 353 g/mol. The summed E-state index contributed by atoms with van der Waals surface area (Å²) in [7, 11) is 0. The Balaban J connectivity index is 1.66. The van der Waals surface area contributed by atoms with Crippen LogP contribution in [0.1, 0.15) is 36.9 Å². The zero-order valence-corrected chi connectivity index (χ0v) is 15.3. The first-order valence-electron chi connectivity index (χ1n) is 9.27. The Morgan fingerprint density at radius 2 is 1.65 bits per heavy atom. The van der Waals surface area contributed by atoms with Crippen molar-refractivity contribution in [3.05, 3.63) is 71.8 Å². The number of esters is 1. The molecule has 0 unspecified atom stereocenters. The Labute approximate surface area is 155 Å². The van der Waals surface area contributed by atoms with Gasteiger partial charge < -0.3 is 9.84 Å². The van der Waals surface area contributed by atoms with E-state index >= 15 is 0 Å². The van der Waals surface area contributed by atoms with Crippen LogP contribution in [-0.4, -0.2) is 41.3 Å². The van der Waals surface area contributed by atoms with Crippen molar-refractivity contribution in [2.24, 2.45) is 0 Å². The smallest absolute Gasteiger partial charge is 0.328 e. The Hall–Kier alpha value is -2.17. The fourth-order valence-corrected chi connectivity index (χ4v) is 3.39. The summed E-state index contributed by atoms with van der Waals surface area (Å²) < 4.78 is 5.62. The van der Waals surface area contributed by atoms with E-state index in [1.165, 1.54) is 0 Å². The van der Waals surface area contributed by atoms with E-state index in [0.29, 0.717) is 39.0 Å². The van der Waals surface area contributed by atoms with Gasteiger partial charge in [0.05, 0.1) is 12.2 Å². The van der Waals surface area contributed by atoms with Crippen LogP contribution in [0, 0.1) is 0 Å². The number of hydrogen-bond acceptors (Lipinski definition) is 4. The Bertz CT molecular complexity index is 690. The molecule has 1 atom stereocenters. The minimum atomic E-state index is -0.644. The highest BCUT2D eigenvalue weighted by Gasteiger charge is 2.35. The number of benzene rings is 2. The predicted octanol–water partition coefficient (Wildman–Crippen LogP) is 3.36. The van der Waals surface area contributed by atoms with Gasteiger partial charge in [0.1, 0.15) is 6.04 Å². The van der Waals surface area contributed by atoms with Crippen molar-refractivity contribution in [1.82, 2.24) is 4.90 Å². The number of piperidine rings is 1. The summed E-state index contributed by atoms with van der Waals surface area (Å²) in [6, 6.07) is 19.4. The van der Waals surface area contributed by atoms with Crippen LogP contribution < -0.4 is 0 Å². The second-order valence-electron chi connectivity index (χ2n) is 7.25. The van der Waals surface area contributed by atoms with Crippen molar-refractivity contribution >= 4 is 5.97 Å². The molecule has 0 spiro atoms. The summed E-state index contributed by atoms with van der Waals surface area (Å²) in [4.78, 5) is 15.0. The lowest BCUT2D eigenvalue weighted by Crippen LogP contribution is -2.46. The molecule has 0 bridgehead atoms. The lowest BCUT2D eigenvalue weighted by molar-refractivity contribution is -0.152. The van der Waals surface area contributed by atoms with E-state index in [1.807, 2.05) is 67.6 Å². The summed E-state index contributed by atoms with van der Waals surface area (Å²) in [5, 5.41) is 10.2. The second-order valence-corrected chi connectivity index (χ2v) is 7.25. The summed E-state index contributed by atoms with van der Waals surface area (Å²) in [5.74, 6) is -0.214. The zero-order valence-electron chi connectivity index (χ0n) is 15.3. The van der Waals surface area contributed by atoms with E-state index < -0.39 is 11.6 Å². The normalized spacial score (nSPS) is 18.2. The van der Waals surface area contributed by atoms with Crippen molar-refractivity contribution in [2.45, 2.75) is 37.8 Å². The van der Waals surface area contributed by atoms with Crippen molar-refractivity contribution in [3.8, 4) is 0 Å². The highest BCUT2D eigenvalue weighted by molar-refractivity contribution is 5.77. The molecule has 1 heterocycles. The van der Waals surface area contributed by atoms with E-state index in [-0.39, 0.29) is 5.97 Å². The number of carbonyl (C=O) groups excluding carboxylic acids is 1. The lowest BCUT2D eigenvalue weighted by Gasteiger charge is -2.39. The van der Waals surface area contributed by atoms with Crippen LogP contribution >= 0.6 is 0 Å². The van der Waals surface area contributed by atoms with E-state index in [9.17, 15) is 9.90 Å². The highest BCUT2D eigenvalue weighted by Crippen LogP contribution is 2.29. The third kappa shape index (κ3) is 4.93. The number of ether oxygens (including phenoxy) is 1. The summed E-state index contributed by atoms with van der Waals surface area (Å²) in [5.41, 5.74) is 1.46. The fraction of sp³-hybridized carbons (Fsp3) is 0.409. The average molecular weight is 353 g/mol. The minimum absolute atomic E-state index is 0.214. The molecule has 1 aliphatic rings. The van der Waals surface area contributed by atoms with Gasteiger partial charge >= 0.3 is 5.97 Å². The Morgan fingerprint density at radius 3 is 2.27 bits per heavy atom. The molecule has 138 valence electrons. The number of rotatable bonds is 6. The Kier molecular flexibility index (Phi) is 6.07. The number of nitrogens with zero attached hydrogens (tertiary/aromatic N) is 1. The predicted molar refractivity (Wildman–Crippen MR) is 102 cm³/mol. The van der Waals surface area contributed by atoms with Crippen LogP contribution in [0.2, 0.25) is 0 Å². The highest BCUT2D eigenvalue weighted by atomic mass is 16.5. The van der Waals surface area contributed by atoms with E-state index in [4.69, 9.17) is 4.74 Å². The van der Waals surface area contributed by atoms with Gasteiger partial charge in [0.2, 0.25) is 0 Å². The van der Waals surface area contributed by atoms with Crippen molar-refractivity contribution in [2.75, 3.05) is 19.7 Å². The van der Waals surface area contributed by atoms with Gasteiger partial charge in [0.25, 0.3) is 0 Å². The molecule has 2 aromatic rings. The van der Waals surface area contributed by atoms with Crippen molar-refractivity contribution in [3.63, 3.8) is 0 Å². The van der Waals surface area contributed by atoms with Crippen molar-refractivity contribution < 1.29 is 14.6 Å². The molecular formula is C22H27NO3. The average Bonchev–Trinajstić information content (AvgIpc) is 2.65. The first-order chi connectivity index (χ1) is 12.6. The molecule has 0 amide bonds. The van der Waals surface area contributed by atoms with Crippen molar-refractivity contribution in [1.29, 1.82) is 0 Å². The molecule has 4 heteroatoms. The minimum Gasteiger partial charge on any atom is -0.464 e. The van der Waals surface area contributed by atoms with Gasteiger partial charge in [-0.25, -0.2) is 4.79 Å². The molecule has 2 aromatic carbocycles. The first kappa shape index (κ1) is 18.6.